The molecule has 2 spiro atoms. The van der Waals surface area contributed by atoms with Crippen LogP contribution in [0.3, 0.4) is 0 Å². The predicted octanol–water partition coefficient (Wildman–Crippen LogP) is 2.39. The molecule has 2 N–H and O–H groups in total. The first-order valence-corrected chi connectivity index (χ1v) is 13.7. The number of aliphatic hydroxyl groups is 2. The summed E-state index contributed by atoms with van der Waals surface area (Å²) in [5.41, 5.74) is -0.771. The number of cyclic esters (lactones) is 1. The molecule has 210 valence electrons. The van der Waals surface area contributed by atoms with Crippen LogP contribution in [-0.4, -0.2) is 84.2 Å². The summed E-state index contributed by atoms with van der Waals surface area (Å²) in [5.74, 6) is -1.60. The van der Waals surface area contributed by atoms with Gasteiger partial charge in [-0.1, -0.05) is 43.7 Å². The summed E-state index contributed by atoms with van der Waals surface area (Å²) in [6.45, 7) is 8.27. The zero-order valence-corrected chi connectivity index (χ0v) is 22.6. The highest BCUT2D eigenvalue weighted by Gasteiger charge is 2.83. The zero-order valence-electron chi connectivity index (χ0n) is 22.6. The molecule has 38 heavy (non-hydrogen) atoms. The fourth-order valence-corrected chi connectivity index (χ4v) is 7.04. The monoisotopic (exact) mass is 532 g/mol. The first kappa shape index (κ1) is 27.5. The van der Waals surface area contributed by atoms with Crippen LogP contribution in [0.1, 0.15) is 53.4 Å². The van der Waals surface area contributed by atoms with Gasteiger partial charge in [-0.2, -0.15) is 0 Å². The Labute approximate surface area is 223 Å². The van der Waals surface area contributed by atoms with Gasteiger partial charge >= 0.3 is 11.9 Å². The summed E-state index contributed by atoms with van der Waals surface area (Å²) in [6, 6.07) is 0. The Hall–Kier alpha value is -2.04. The van der Waals surface area contributed by atoms with Gasteiger partial charge in [0.25, 0.3) is 0 Å². The number of hydrogen-bond donors (Lipinski definition) is 2. The second-order valence-electron chi connectivity index (χ2n) is 11.9. The van der Waals surface area contributed by atoms with Gasteiger partial charge in [-0.15, -0.1) is 0 Å². The first-order chi connectivity index (χ1) is 18.0. The predicted molar refractivity (Wildman–Crippen MR) is 136 cm³/mol. The lowest BCUT2D eigenvalue weighted by atomic mass is 9.51. The van der Waals surface area contributed by atoms with Gasteiger partial charge in [0.2, 0.25) is 0 Å². The molecule has 0 aromatic rings. The van der Waals surface area contributed by atoms with E-state index in [1.807, 2.05) is 0 Å². The normalized spacial score (nSPS) is 48.0. The number of hydrogen-bond acceptors (Lipinski definition) is 9. The van der Waals surface area contributed by atoms with Crippen LogP contribution < -0.4 is 0 Å². The first-order valence-electron chi connectivity index (χ1n) is 13.7. The summed E-state index contributed by atoms with van der Waals surface area (Å²) >= 11 is 0. The van der Waals surface area contributed by atoms with Crippen molar-refractivity contribution >= 4 is 11.9 Å². The molecule has 0 radical (unpaired) electrons. The number of aliphatic hydroxyl groups excluding tert-OH is 2. The smallest absolute Gasteiger partial charge is 0.335 e. The summed E-state index contributed by atoms with van der Waals surface area (Å²) in [6.07, 6.45) is 6.89. The topological polar surface area (TPSA) is 124 Å². The lowest BCUT2D eigenvalue weighted by molar-refractivity contribution is -0.234. The van der Waals surface area contributed by atoms with E-state index in [1.165, 1.54) is 11.6 Å². The van der Waals surface area contributed by atoms with E-state index in [-0.39, 0.29) is 25.4 Å². The number of allylic oxidation sites excluding steroid dienone is 3. The highest BCUT2D eigenvalue weighted by Crippen LogP contribution is 2.72. The summed E-state index contributed by atoms with van der Waals surface area (Å²) in [4.78, 5) is 26.0. The maximum Gasteiger partial charge on any atom is 0.335 e. The van der Waals surface area contributed by atoms with Crippen molar-refractivity contribution in [2.75, 3.05) is 19.8 Å². The van der Waals surface area contributed by atoms with Gasteiger partial charge in [-0.05, 0) is 39.0 Å². The second-order valence-corrected chi connectivity index (χ2v) is 11.9. The molecule has 3 heterocycles. The van der Waals surface area contributed by atoms with E-state index in [2.05, 4.69) is 19.9 Å². The largest absolute Gasteiger partial charge is 0.463 e. The highest BCUT2D eigenvalue weighted by molar-refractivity contribution is 5.82. The number of epoxide rings is 1. The fraction of sp³-hybridized carbons (Fsp3) is 0.724. The van der Waals surface area contributed by atoms with Crippen LogP contribution in [0.25, 0.3) is 0 Å². The molecule has 1 saturated carbocycles. The van der Waals surface area contributed by atoms with Crippen molar-refractivity contribution in [2.45, 2.75) is 95.6 Å². The van der Waals surface area contributed by atoms with Crippen LogP contribution in [0.4, 0.5) is 0 Å². The van der Waals surface area contributed by atoms with E-state index < -0.39 is 58.7 Å². The zero-order chi connectivity index (χ0) is 27.3. The van der Waals surface area contributed by atoms with Crippen molar-refractivity contribution in [1.29, 1.82) is 0 Å². The number of esters is 2. The molecule has 0 aromatic heterocycles. The summed E-state index contributed by atoms with van der Waals surface area (Å²) in [7, 11) is 0. The van der Waals surface area contributed by atoms with E-state index in [4.69, 9.17) is 23.7 Å². The van der Waals surface area contributed by atoms with Crippen LogP contribution in [0, 0.1) is 16.7 Å². The molecular weight excluding hydrogens is 492 g/mol. The minimum atomic E-state index is -1.33. The molecule has 2 bridgehead atoms. The quantitative estimate of drug-likeness (QED) is 0.298. The Morgan fingerprint density at radius 3 is 2.63 bits per heavy atom. The summed E-state index contributed by atoms with van der Waals surface area (Å²) in [5, 5.41) is 20.8. The number of carbonyl (C=O) groups excluding carboxylic acids is 2. The van der Waals surface area contributed by atoms with E-state index in [0.717, 1.165) is 6.42 Å². The van der Waals surface area contributed by atoms with Crippen molar-refractivity contribution in [3.63, 3.8) is 0 Å². The van der Waals surface area contributed by atoms with Crippen molar-refractivity contribution in [1.82, 2.24) is 0 Å². The van der Waals surface area contributed by atoms with Crippen LogP contribution in [0.5, 0.6) is 0 Å². The molecule has 2 saturated heterocycles. The van der Waals surface area contributed by atoms with Crippen LogP contribution >= 0.6 is 0 Å². The van der Waals surface area contributed by atoms with Gasteiger partial charge in [0, 0.05) is 24.5 Å². The van der Waals surface area contributed by atoms with Crippen LogP contribution in [0.2, 0.25) is 0 Å². The Bertz CT molecular complexity index is 1030. The molecule has 0 amide bonds. The number of rotatable bonds is 1. The minimum absolute atomic E-state index is 0.0195. The lowest BCUT2D eigenvalue weighted by Crippen LogP contribution is -2.66. The van der Waals surface area contributed by atoms with Crippen molar-refractivity contribution < 1.29 is 43.5 Å². The van der Waals surface area contributed by atoms with Gasteiger partial charge in [0.05, 0.1) is 30.3 Å². The van der Waals surface area contributed by atoms with Gasteiger partial charge in [-0.25, -0.2) is 9.59 Å². The van der Waals surface area contributed by atoms with Gasteiger partial charge in [0.15, 0.2) is 6.10 Å². The van der Waals surface area contributed by atoms with E-state index in [9.17, 15) is 19.8 Å². The Morgan fingerprint density at radius 1 is 1.16 bits per heavy atom. The van der Waals surface area contributed by atoms with E-state index in [0.29, 0.717) is 25.9 Å². The van der Waals surface area contributed by atoms with Crippen molar-refractivity contribution in [3.05, 3.63) is 36.0 Å². The Morgan fingerprint density at radius 2 is 1.92 bits per heavy atom. The average molecular weight is 533 g/mol. The Balaban J connectivity index is 1.51. The highest BCUT2D eigenvalue weighted by atomic mass is 16.6. The molecule has 0 aromatic carbocycles. The molecule has 9 nitrogen and oxygen atoms in total. The van der Waals surface area contributed by atoms with E-state index in [1.54, 1.807) is 32.1 Å². The van der Waals surface area contributed by atoms with Crippen LogP contribution in [-0.2, 0) is 33.3 Å². The number of ether oxygens (including phenoxy) is 5. The molecule has 5 rings (SSSR count). The van der Waals surface area contributed by atoms with Crippen molar-refractivity contribution in [2.24, 2.45) is 16.7 Å². The maximum absolute atomic E-state index is 13.1. The molecule has 3 aliphatic heterocycles. The molecular formula is C29H40O9. The summed E-state index contributed by atoms with van der Waals surface area (Å²) < 4.78 is 30.4. The molecule has 9 heteroatoms. The molecule has 3 fully saturated rings. The second kappa shape index (κ2) is 10.2. The minimum Gasteiger partial charge on any atom is -0.463 e. The standard InChI is InChI=1S/C29H40O9/c1-17-9-11-28-15-35-26(33)25(32)18(2)10-12-34-20(19(3)30)7-5-6-8-24(31)38-21-14-23(37-22(28)13-17)29(16-36-29)27(21,28)4/h5-8,13,18-23,25,30,32H,9-12,14-16H2,1-4H3/b7-5+,8-6+/t18-,19+,20-,21-,22-,23-,25+,27-,28-,29+/m1/s1. The fourth-order valence-electron chi connectivity index (χ4n) is 7.04. The average Bonchev–Trinajstić information content (AvgIpc) is 3.65. The Kier molecular flexibility index (Phi) is 7.37. The third-order valence-corrected chi connectivity index (χ3v) is 9.73. The molecule has 5 aliphatic rings. The molecule has 10 atom stereocenters. The molecule has 2 aliphatic carbocycles. The van der Waals surface area contributed by atoms with Crippen molar-refractivity contribution in [3.8, 4) is 0 Å². The number of carbonyl (C=O) groups is 2. The van der Waals surface area contributed by atoms with Gasteiger partial charge < -0.3 is 33.9 Å². The third kappa shape index (κ3) is 4.36. The van der Waals surface area contributed by atoms with Crippen LogP contribution in [0.15, 0.2) is 36.0 Å². The maximum atomic E-state index is 13.1. The molecule has 0 unspecified atom stereocenters. The lowest BCUT2D eigenvalue weighted by Gasteiger charge is -2.58. The van der Waals surface area contributed by atoms with Gasteiger partial charge in [-0.3, -0.25) is 0 Å². The SMILES string of the molecule is CC1=C[C@H]2O[C@@H]3C[C@H]4OC(=O)/C=C/C=C/[C@H]([C@H](C)O)OCC[C@@H](C)[C@H](O)C(=O)OC[C@@]2(CC1)[C@]4(C)[C@]31CO1. The van der Waals surface area contributed by atoms with E-state index >= 15 is 0 Å². The van der Waals surface area contributed by atoms with Gasteiger partial charge in [0.1, 0.15) is 24.4 Å². The third-order valence-electron chi connectivity index (χ3n) is 9.73.